The van der Waals surface area contributed by atoms with Gasteiger partial charge in [-0.3, -0.25) is 4.79 Å². The Balaban J connectivity index is 2.58. The molecule has 1 aromatic rings. The van der Waals surface area contributed by atoms with Gasteiger partial charge in [0.15, 0.2) is 0 Å². The second kappa shape index (κ2) is 8.67. The van der Waals surface area contributed by atoms with Gasteiger partial charge in [-0.15, -0.1) is 0 Å². The molecule has 0 radical (unpaired) electrons. The average Bonchev–Trinajstić information content (AvgIpc) is 2.37. The molecule has 0 aliphatic rings. The predicted molar refractivity (Wildman–Crippen MR) is 86.3 cm³/mol. The Kier molecular flexibility index (Phi) is 7.23. The molecule has 1 aromatic carbocycles. The maximum Gasteiger partial charge on any atom is 0.220 e. The largest absolute Gasteiger partial charge is 0.491 e. The van der Waals surface area contributed by atoms with Crippen molar-refractivity contribution in [1.82, 2.24) is 5.32 Å². The topological polar surface area (TPSA) is 64.4 Å². The van der Waals surface area contributed by atoms with Gasteiger partial charge < -0.3 is 15.8 Å². The van der Waals surface area contributed by atoms with E-state index < -0.39 is 0 Å². The van der Waals surface area contributed by atoms with E-state index in [2.05, 4.69) is 5.32 Å². The molecule has 4 nitrogen and oxygen atoms in total. The van der Waals surface area contributed by atoms with Crippen molar-refractivity contribution in [1.29, 1.82) is 0 Å². The van der Waals surface area contributed by atoms with Gasteiger partial charge in [0.25, 0.3) is 0 Å². The first-order valence-corrected chi connectivity index (χ1v) is 7.70. The lowest BCUT2D eigenvalue weighted by Crippen LogP contribution is -2.27. The van der Waals surface area contributed by atoms with Crippen LogP contribution in [0.1, 0.15) is 58.6 Å². The van der Waals surface area contributed by atoms with Crippen LogP contribution < -0.4 is 15.8 Å². The number of para-hydroxylation sites is 1. The zero-order chi connectivity index (χ0) is 15.8. The van der Waals surface area contributed by atoms with E-state index in [0.717, 1.165) is 24.2 Å². The Morgan fingerprint density at radius 2 is 1.90 bits per heavy atom. The van der Waals surface area contributed by atoms with Gasteiger partial charge in [0, 0.05) is 18.0 Å². The van der Waals surface area contributed by atoms with Crippen molar-refractivity contribution >= 4 is 5.91 Å². The summed E-state index contributed by atoms with van der Waals surface area (Å²) in [5.41, 5.74) is 6.70. The molecular weight excluding hydrogens is 264 g/mol. The maximum absolute atomic E-state index is 11.9. The molecule has 1 rings (SSSR count). The highest BCUT2D eigenvalue weighted by molar-refractivity contribution is 5.76. The van der Waals surface area contributed by atoms with Gasteiger partial charge in [0.05, 0.1) is 12.1 Å². The lowest BCUT2D eigenvalue weighted by molar-refractivity contribution is -0.121. The van der Waals surface area contributed by atoms with Crippen molar-refractivity contribution in [2.45, 2.75) is 65.1 Å². The second-order valence-corrected chi connectivity index (χ2v) is 5.86. The first-order chi connectivity index (χ1) is 9.90. The first-order valence-electron chi connectivity index (χ1n) is 7.70. The van der Waals surface area contributed by atoms with Crippen molar-refractivity contribution in [2.75, 3.05) is 0 Å². The molecule has 0 saturated heterocycles. The fraction of sp³-hybridized carbons (Fsp3) is 0.588. The molecule has 4 heteroatoms. The molecule has 3 N–H and O–H groups in total. The summed E-state index contributed by atoms with van der Waals surface area (Å²) in [7, 11) is 0. The summed E-state index contributed by atoms with van der Waals surface area (Å²) >= 11 is 0. The Labute approximate surface area is 128 Å². The van der Waals surface area contributed by atoms with Crippen LogP contribution in [0.3, 0.4) is 0 Å². The summed E-state index contributed by atoms with van der Waals surface area (Å²) in [5, 5.41) is 3.02. The van der Waals surface area contributed by atoms with Crippen molar-refractivity contribution in [3.05, 3.63) is 29.8 Å². The van der Waals surface area contributed by atoms with E-state index in [0.29, 0.717) is 6.42 Å². The highest BCUT2D eigenvalue weighted by Gasteiger charge is 2.14. The van der Waals surface area contributed by atoms with E-state index in [1.54, 1.807) is 0 Å². The highest BCUT2D eigenvalue weighted by Crippen LogP contribution is 2.25. The van der Waals surface area contributed by atoms with E-state index >= 15 is 0 Å². The number of hydrogen-bond donors (Lipinski definition) is 2. The molecule has 0 fully saturated rings. The lowest BCUT2D eigenvalue weighted by atomic mass is 10.1. The number of nitrogens with two attached hydrogens (primary N) is 1. The molecule has 0 saturated carbocycles. The average molecular weight is 292 g/mol. The third-order valence-corrected chi connectivity index (χ3v) is 3.19. The number of carbonyl (C=O) groups excluding carboxylic acids is 1. The smallest absolute Gasteiger partial charge is 0.220 e. The molecule has 0 aliphatic heterocycles. The number of amides is 1. The number of benzene rings is 1. The number of rotatable bonds is 8. The Morgan fingerprint density at radius 1 is 1.24 bits per heavy atom. The molecule has 0 aliphatic carbocycles. The summed E-state index contributed by atoms with van der Waals surface area (Å²) in [4.78, 5) is 11.9. The van der Waals surface area contributed by atoms with Crippen molar-refractivity contribution in [3.8, 4) is 5.75 Å². The van der Waals surface area contributed by atoms with Crippen molar-refractivity contribution < 1.29 is 9.53 Å². The Hall–Kier alpha value is -1.55. The monoisotopic (exact) mass is 292 g/mol. The van der Waals surface area contributed by atoms with Crippen LogP contribution in [-0.2, 0) is 4.79 Å². The van der Waals surface area contributed by atoms with Gasteiger partial charge in [-0.25, -0.2) is 0 Å². The SMILES string of the molecule is CC(N)CCCC(=O)NC(C)c1ccccc1OC(C)C. The van der Waals surface area contributed by atoms with Crippen LogP contribution in [-0.4, -0.2) is 18.1 Å². The van der Waals surface area contributed by atoms with Gasteiger partial charge in [-0.1, -0.05) is 18.2 Å². The van der Waals surface area contributed by atoms with Gasteiger partial charge in [0.1, 0.15) is 5.75 Å². The third-order valence-electron chi connectivity index (χ3n) is 3.19. The van der Waals surface area contributed by atoms with Crippen LogP contribution in [0.25, 0.3) is 0 Å². The molecule has 2 unspecified atom stereocenters. The number of carbonyl (C=O) groups is 1. The van der Waals surface area contributed by atoms with Crippen LogP contribution in [0.2, 0.25) is 0 Å². The molecule has 0 heterocycles. The molecule has 118 valence electrons. The Morgan fingerprint density at radius 3 is 2.52 bits per heavy atom. The molecule has 21 heavy (non-hydrogen) atoms. The Bertz CT molecular complexity index is 444. The standard InChI is InChI=1S/C17H28N2O2/c1-12(2)21-16-10-6-5-9-15(16)14(4)19-17(20)11-7-8-13(3)18/h5-6,9-10,12-14H,7-8,11,18H2,1-4H3,(H,19,20). The third kappa shape index (κ3) is 6.63. The zero-order valence-electron chi connectivity index (χ0n) is 13.6. The van der Waals surface area contributed by atoms with Gasteiger partial charge in [-0.05, 0) is 46.6 Å². The van der Waals surface area contributed by atoms with E-state index in [4.69, 9.17) is 10.5 Å². The van der Waals surface area contributed by atoms with E-state index in [-0.39, 0.29) is 24.1 Å². The molecular formula is C17H28N2O2. The molecule has 2 atom stereocenters. The quantitative estimate of drug-likeness (QED) is 0.773. The number of hydrogen-bond acceptors (Lipinski definition) is 3. The zero-order valence-corrected chi connectivity index (χ0v) is 13.6. The van der Waals surface area contributed by atoms with Crippen LogP contribution in [0.4, 0.5) is 0 Å². The minimum absolute atomic E-state index is 0.0579. The fourth-order valence-electron chi connectivity index (χ4n) is 2.18. The van der Waals surface area contributed by atoms with Gasteiger partial charge in [0.2, 0.25) is 5.91 Å². The van der Waals surface area contributed by atoms with Crippen LogP contribution in [0.5, 0.6) is 5.75 Å². The van der Waals surface area contributed by atoms with Gasteiger partial charge >= 0.3 is 0 Å². The molecule has 0 bridgehead atoms. The van der Waals surface area contributed by atoms with Crippen molar-refractivity contribution in [3.63, 3.8) is 0 Å². The second-order valence-electron chi connectivity index (χ2n) is 5.86. The maximum atomic E-state index is 11.9. The molecule has 0 spiro atoms. The van der Waals surface area contributed by atoms with E-state index in [1.165, 1.54) is 0 Å². The number of nitrogens with one attached hydrogen (secondary N) is 1. The van der Waals surface area contributed by atoms with Crippen LogP contribution in [0.15, 0.2) is 24.3 Å². The highest BCUT2D eigenvalue weighted by atomic mass is 16.5. The minimum atomic E-state index is -0.0669. The fourth-order valence-corrected chi connectivity index (χ4v) is 2.18. The summed E-state index contributed by atoms with van der Waals surface area (Å²) < 4.78 is 5.79. The minimum Gasteiger partial charge on any atom is -0.491 e. The van der Waals surface area contributed by atoms with E-state index in [1.807, 2.05) is 52.0 Å². The van der Waals surface area contributed by atoms with Crippen LogP contribution >= 0.6 is 0 Å². The van der Waals surface area contributed by atoms with Gasteiger partial charge in [-0.2, -0.15) is 0 Å². The van der Waals surface area contributed by atoms with Crippen LogP contribution in [0, 0.1) is 0 Å². The first kappa shape index (κ1) is 17.5. The van der Waals surface area contributed by atoms with E-state index in [9.17, 15) is 4.79 Å². The van der Waals surface area contributed by atoms with Crippen molar-refractivity contribution in [2.24, 2.45) is 5.73 Å². The lowest BCUT2D eigenvalue weighted by Gasteiger charge is -2.20. The summed E-state index contributed by atoms with van der Waals surface area (Å²) in [6.45, 7) is 7.92. The normalized spacial score (nSPS) is 13.8. The predicted octanol–water partition coefficient (Wildman–Crippen LogP) is 3.17. The summed E-state index contributed by atoms with van der Waals surface area (Å²) in [6, 6.07) is 7.91. The molecule has 1 amide bonds. The number of ether oxygens (including phenoxy) is 1. The summed E-state index contributed by atoms with van der Waals surface area (Å²) in [5.74, 6) is 0.887. The molecule has 0 aromatic heterocycles. The summed E-state index contributed by atoms with van der Waals surface area (Å²) in [6.07, 6.45) is 2.31.